The van der Waals surface area contributed by atoms with Crippen LogP contribution in [-0.4, -0.2) is 105 Å². The highest BCUT2D eigenvalue weighted by Gasteiger charge is 2.39. The molecule has 2 saturated heterocycles. The highest BCUT2D eigenvalue weighted by Crippen LogP contribution is 2.57. The maximum atomic E-state index is 13.2. The van der Waals surface area contributed by atoms with E-state index in [0.29, 0.717) is 30.0 Å². The number of nitrogens with two attached hydrogens (primary N) is 1. The van der Waals surface area contributed by atoms with Gasteiger partial charge in [0.05, 0.1) is 49.2 Å². The number of benzene rings is 2. The van der Waals surface area contributed by atoms with Crippen LogP contribution in [-0.2, 0) is 46.3 Å². The third-order valence-corrected chi connectivity index (χ3v) is 17.6. The fraction of sp³-hybridized carbons (Fsp3) is 0.625. The van der Waals surface area contributed by atoms with Gasteiger partial charge in [0.2, 0.25) is 11.8 Å². The van der Waals surface area contributed by atoms with Crippen LogP contribution < -0.4 is 31.2 Å². The third kappa shape index (κ3) is 19.3. The number of methoxy groups -OCH3 is 4. The SMILES string of the molecule is COC(=O)CCCCC1(c2ccc(OC)cc2NC(=O)[C@@H](C)CC(=O)CNC(=O)OC(C)(C)C)SCCCS1.COC(=O)CCCCC1(c2ccc(OC)cc2NC(=O)[C@@H](C)N)SCCCS1. The zero-order valence-electron chi connectivity index (χ0n) is 40.6. The topological polar surface area (TPSA) is 211 Å². The maximum Gasteiger partial charge on any atom is 0.408 e. The van der Waals surface area contributed by atoms with Gasteiger partial charge in [-0.2, -0.15) is 0 Å². The Morgan fingerprint density at radius 2 is 1.10 bits per heavy atom. The molecule has 0 bridgehead atoms. The van der Waals surface area contributed by atoms with Gasteiger partial charge in [-0.15, -0.1) is 47.0 Å². The Morgan fingerprint density at radius 3 is 1.49 bits per heavy atom. The van der Waals surface area contributed by atoms with E-state index in [1.54, 1.807) is 48.8 Å². The fourth-order valence-corrected chi connectivity index (χ4v) is 14.1. The lowest BCUT2D eigenvalue weighted by atomic mass is 10.0. The number of carbonyl (C=O) groups is 6. The number of anilines is 2. The molecule has 2 fully saturated rings. The van der Waals surface area contributed by atoms with Crippen molar-refractivity contribution in [2.45, 2.75) is 125 Å². The van der Waals surface area contributed by atoms with Gasteiger partial charge >= 0.3 is 18.0 Å². The van der Waals surface area contributed by atoms with E-state index in [1.165, 1.54) is 14.2 Å². The van der Waals surface area contributed by atoms with Gasteiger partial charge in [-0.05, 0) is 101 Å². The van der Waals surface area contributed by atoms with Crippen molar-refractivity contribution < 1.29 is 52.5 Å². The van der Waals surface area contributed by atoms with Crippen LogP contribution in [0.15, 0.2) is 36.4 Å². The molecule has 0 saturated carbocycles. The Balaban J connectivity index is 0.000000375. The largest absolute Gasteiger partial charge is 0.497 e. The molecule has 0 radical (unpaired) electrons. The minimum absolute atomic E-state index is 0.0247. The van der Waals surface area contributed by atoms with Crippen molar-refractivity contribution in [3.05, 3.63) is 47.5 Å². The van der Waals surface area contributed by atoms with Gasteiger partial charge in [-0.1, -0.05) is 31.9 Å². The Labute approximate surface area is 414 Å². The van der Waals surface area contributed by atoms with Crippen LogP contribution in [0.4, 0.5) is 16.2 Å². The van der Waals surface area contributed by atoms with Gasteiger partial charge in [0, 0.05) is 59.8 Å². The van der Waals surface area contributed by atoms with Crippen molar-refractivity contribution in [2.24, 2.45) is 11.7 Å². The number of thioether (sulfide) groups is 4. The van der Waals surface area contributed by atoms with Crippen LogP contribution in [0.2, 0.25) is 0 Å². The first-order valence-corrected chi connectivity index (χ1v) is 26.7. The Hall–Kier alpha value is -3.78. The number of hydrogen-bond donors (Lipinski definition) is 4. The summed E-state index contributed by atoms with van der Waals surface area (Å²) in [5.74, 6) is 3.66. The molecule has 3 amide bonds. The first kappa shape index (κ1) is 57.5. The van der Waals surface area contributed by atoms with Crippen LogP contribution >= 0.6 is 47.0 Å². The molecular formula is C48H72N4O11S4. The first-order chi connectivity index (χ1) is 31.8. The number of nitrogens with one attached hydrogen (secondary N) is 3. The van der Waals surface area contributed by atoms with E-state index in [0.717, 1.165) is 91.2 Å². The number of amides is 3. The van der Waals surface area contributed by atoms with Crippen LogP contribution in [0.3, 0.4) is 0 Å². The molecule has 2 aliphatic rings. The number of hydrogen-bond acceptors (Lipinski definition) is 16. The standard InChI is InChI=1S/C28H42N2O7S2.C20H30N2O4S2/c1-19(16-20(31)18-29-26(34)37-27(2,3)4)25(33)30-23-17-21(35-5)11-12-22(23)28(38-14-9-15-39-28)13-8-7-10-24(32)36-6;1-14(21)19(24)22-17-13-15(25-2)8-9-16(17)20(27-11-6-12-28-20)10-5-4-7-18(23)26-3/h11-12,17,19H,7-10,13-16,18H2,1-6H3,(H,29,34)(H,30,33);8-9,13-14H,4-7,10-12,21H2,1-3H3,(H,22,24)/t19-;14-/m01/s1. The number of esters is 2. The second-order valence-electron chi connectivity index (χ2n) is 17.3. The van der Waals surface area contributed by atoms with Crippen molar-refractivity contribution in [3.63, 3.8) is 0 Å². The molecule has 0 unspecified atom stereocenters. The number of ketones is 1. The molecule has 0 aromatic heterocycles. The molecule has 15 nitrogen and oxygen atoms in total. The minimum atomic E-state index is -0.673. The Kier molecular flexibility index (Phi) is 24.6. The van der Waals surface area contributed by atoms with Crippen LogP contribution in [0, 0.1) is 5.92 Å². The summed E-state index contributed by atoms with van der Waals surface area (Å²) in [7, 11) is 6.00. The van der Waals surface area contributed by atoms with Crippen molar-refractivity contribution in [2.75, 3.05) is 68.6 Å². The Morgan fingerprint density at radius 1 is 0.672 bits per heavy atom. The van der Waals surface area contributed by atoms with Crippen LogP contribution in [0.1, 0.15) is 116 Å². The average Bonchev–Trinajstić information content (AvgIpc) is 3.30. The molecular weight excluding hydrogens is 937 g/mol. The monoisotopic (exact) mass is 1010 g/mol. The lowest BCUT2D eigenvalue weighted by Crippen LogP contribution is -2.36. The molecule has 5 N–H and O–H groups in total. The quantitative estimate of drug-likeness (QED) is 0.0492. The second-order valence-corrected chi connectivity index (χ2v) is 23.4. The first-order valence-electron chi connectivity index (χ1n) is 22.7. The van der Waals surface area contributed by atoms with Gasteiger partial charge in [0.1, 0.15) is 17.1 Å². The summed E-state index contributed by atoms with van der Waals surface area (Å²) in [6, 6.07) is 11.0. The highest BCUT2D eigenvalue weighted by atomic mass is 32.2. The number of Topliss-reactive ketones (excluding diaryl/α,β-unsaturated/α-hetero) is 1. The van der Waals surface area contributed by atoms with Crippen molar-refractivity contribution in [1.29, 1.82) is 0 Å². The van der Waals surface area contributed by atoms with E-state index >= 15 is 0 Å². The summed E-state index contributed by atoms with van der Waals surface area (Å²) >= 11 is 7.56. The molecule has 2 aliphatic heterocycles. The van der Waals surface area contributed by atoms with Gasteiger partial charge < -0.3 is 45.4 Å². The summed E-state index contributed by atoms with van der Waals surface area (Å²) in [4.78, 5) is 72.8. The molecule has 4 rings (SSSR count). The Bertz CT molecular complexity index is 1950. The predicted octanol–water partition coefficient (Wildman–Crippen LogP) is 9.25. The van der Waals surface area contributed by atoms with E-state index in [-0.39, 0.29) is 50.7 Å². The molecule has 2 aromatic rings. The maximum absolute atomic E-state index is 13.2. The van der Waals surface area contributed by atoms with E-state index in [1.807, 2.05) is 83.4 Å². The van der Waals surface area contributed by atoms with E-state index < -0.39 is 23.7 Å². The summed E-state index contributed by atoms with van der Waals surface area (Å²) in [6.07, 6.45) is 7.37. The van der Waals surface area contributed by atoms with Gasteiger partial charge in [-0.3, -0.25) is 24.0 Å². The zero-order chi connectivity index (χ0) is 49.6. The number of rotatable bonds is 22. The summed E-state index contributed by atoms with van der Waals surface area (Å²) in [5, 5.41) is 8.47. The number of ether oxygens (including phenoxy) is 5. The van der Waals surface area contributed by atoms with Crippen molar-refractivity contribution in [3.8, 4) is 11.5 Å². The number of carbonyl (C=O) groups excluding carboxylic acids is 6. The van der Waals surface area contributed by atoms with Crippen molar-refractivity contribution >= 4 is 94.1 Å². The minimum Gasteiger partial charge on any atom is -0.497 e. The zero-order valence-corrected chi connectivity index (χ0v) is 43.9. The fourth-order valence-electron chi connectivity index (χ4n) is 7.14. The number of alkyl carbamates (subject to hydrolysis) is 1. The molecule has 2 heterocycles. The van der Waals surface area contributed by atoms with Gasteiger partial charge in [0.25, 0.3) is 0 Å². The summed E-state index contributed by atoms with van der Waals surface area (Å²) < 4.78 is 25.0. The van der Waals surface area contributed by atoms with Gasteiger partial charge in [-0.25, -0.2) is 4.79 Å². The molecule has 2 atom stereocenters. The average molecular weight is 1010 g/mol. The van der Waals surface area contributed by atoms with E-state index in [4.69, 9.17) is 29.4 Å². The molecule has 19 heteroatoms. The van der Waals surface area contributed by atoms with E-state index in [9.17, 15) is 28.8 Å². The van der Waals surface area contributed by atoms with Crippen LogP contribution in [0.25, 0.3) is 0 Å². The van der Waals surface area contributed by atoms with Crippen LogP contribution in [0.5, 0.6) is 11.5 Å². The third-order valence-electron chi connectivity index (χ3n) is 10.7. The predicted molar refractivity (Wildman–Crippen MR) is 273 cm³/mol. The summed E-state index contributed by atoms with van der Waals surface area (Å²) in [5.41, 5.74) is 8.57. The molecule has 67 heavy (non-hydrogen) atoms. The van der Waals surface area contributed by atoms with E-state index in [2.05, 4.69) is 16.0 Å². The number of unbranched alkanes of at least 4 members (excludes halogenated alkanes) is 2. The normalized spacial score (nSPS) is 16.1. The second kappa shape index (κ2) is 28.6. The summed E-state index contributed by atoms with van der Waals surface area (Å²) in [6.45, 7) is 8.37. The lowest BCUT2D eigenvalue weighted by molar-refractivity contribution is -0.141. The molecule has 2 aromatic carbocycles. The van der Waals surface area contributed by atoms with Crippen molar-refractivity contribution in [1.82, 2.24) is 5.32 Å². The molecule has 0 spiro atoms. The molecule has 0 aliphatic carbocycles. The lowest BCUT2D eigenvalue weighted by Gasteiger charge is -2.38. The highest BCUT2D eigenvalue weighted by molar-refractivity contribution is 8.18. The molecule has 374 valence electrons. The van der Waals surface area contributed by atoms with Gasteiger partial charge in [0.15, 0.2) is 5.78 Å². The smallest absolute Gasteiger partial charge is 0.408 e.